The molecule has 188 valence electrons. The van der Waals surface area contributed by atoms with Crippen molar-refractivity contribution in [3.05, 3.63) is 83.3 Å². The largest absolute Gasteiger partial charge is 0.478 e. The van der Waals surface area contributed by atoms with Gasteiger partial charge in [-0.3, -0.25) is 0 Å². The van der Waals surface area contributed by atoms with Crippen LogP contribution in [0, 0.1) is 11.2 Å². The third-order valence-electron chi connectivity index (χ3n) is 5.98. The van der Waals surface area contributed by atoms with E-state index in [4.69, 9.17) is 15.9 Å². The third-order valence-corrected chi connectivity index (χ3v) is 5.98. The number of rotatable bonds is 7. The molecule has 0 aliphatic carbocycles. The average molecular weight is 490 g/mol. The molecule has 0 saturated heterocycles. The van der Waals surface area contributed by atoms with Gasteiger partial charge in [0.15, 0.2) is 0 Å². The molecule has 36 heavy (non-hydrogen) atoms. The summed E-state index contributed by atoms with van der Waals surface area (Å²) in [4.78, 5) is 11.4. The number of aromatic carboxylic acids is 1. The molecule has 0 saturated carbocycles. The number of benzene rings is 3. The second kappa shape index (κ2) is 10.7. The molecule has 1 heterocycles. The number of carbonyl (C=O) groups is 1. The summed E-state index contributed by atoms with van der Waals surface area (Å²) in [6.07, 6.45) is 1.21. The van der Waals surface area contributed by atoms with E-state index < -0.39 is 11.4 Å². The van der Waals surface area contributed by atoms with E-state index in [1.807, 2.05) is 30.5 Å². The number of hydrogen-bond acceptors (Lipinski definition) is 4. The van der Waals surface area contributed by atoms with E-state index >= 15 is 0 Å². The number of nitrogens with zero attached hydrogens (tertiary/aromatic N) is 1. The van der Waals surface area contributed by atoms with Crippen molar-refractivity contribution in [2.24, 2.45) is 0 Å². The van der Waals surface area contributed by atoms with Crippen LogP contribution in [0.5, 0.6) is 0 Å². The molecule has 4 N–H and O–H groups in total. The number of fused-ring (bicyclic) bond motifs is 1. The molecule has 0 radical (unpaired) electrons. The maximum absolute atomic E-state index is 13.8. The molecule has 4 aromatic rings. The van der Waals surface area contributed by atoms with Gasteiger partial charge in [0.2, 0.25) is 0 Å². The highest BCUT2D eigenvalue weighted by Gasteiger charge is 2.32. The highest BCUT2D eigenvalue weighted by atomic mass is 19.1. The highest BCUT2D eigenvalue weighted by Crippen LogP contribution is 2.44. The molecule has 0 bridgehead atoms. The highest BCUT2D eigenvalue weighted by molar-refractivity contribution is 6.05. The number of carboxylic acids is 1. The number of anilines is 1. The van der Waals surface area contributed by atoms with Gasteiger partial charge in [-0.25, -0.2) is 9.18 Å². The number of hydrogen-bond donors (Lipinski definition) is 3. The van der Waals surface area contributed by atoms with E-state index in [1.54, 1.807) is 43.5 Å². The monoisotopic (exact) mass is 489 g/mol. The van der Waals surface area contributed by atoms with Crippen LogP contribution in [0.4, 0.5) is 10.1 Å². The van der Waals surface area contributed by atoms with Gasteiger partial charge in [0.05, 0.1) is 17.7 Å². The number of ether oxygens (including phenoxy) is 1. The van der Waals surface area contributed by atoms with Gasteiger partial charge in [-0.05, 0) is 54.1 Å². The molecular weight excluding hydrogens is 457 g/mol. The van der Waals surface area contributed by atoms with Crippen molar-refractivity contribution in [3.8, 4) is 16.8 Å². The quantitative estimate of drug-likeness (QED) is 0.199. The first-order valence-corrected chi connectivity index (χ1v) is 11.8. The Morgan fingerprint density at radius 1 is 1.11 bits per heavy atom. The summed E-state index contributed by atoms with van der Waals surface area (Å²) in [5, 5.41) is 18.0. The smallest absolute Gasteiger partial charge is 0.335 e. The number of aromatic nitrogens is 1. The Bertz CT molecular complexity index is 1390. The first kappa shape index (κ1) is 26.6. The molecule has 0 atom stereocenters. The molecule has 0 aliphatic rings. The zero-order chi connectivity index (χ0) is 26.6. The number of methoxy groups -OCH3 is 1. The second-order valence-electron chi connectivity index (χ2n) is 8.88. The first-order valence-electron chi connectivity index (χ1n) is 11.8. The summed E-state index contributed by atoms with van der Waals surface area (Å²) in [7, 11) is 1.64. The molecule has 0 unspecified atom stereocenters. The van der Waals surface area contributed by atoms with Gasteiger partial charge in [0.25, 0.3) is 0 Å². The summed E-state index contributed by atoms with van der Waals surface area (Å²) < 4.78 is 21.4. The maximum Gasteiger partial charge on any atom is 0.335 e. The van der Waals surface area contributed by atoms with E-state index in [0.717, 1.165) is 33.4 Å². The Kier molecular flexibility index (Phi) is 7.95. The van der Waals surface area contributed by atoms with Gasteiger partial charge in [0.1, 0.15) is 5.82 Å². The summed E-state index contributed by atoms with van der Waals surface area (Å²) >= 11 is 0. The van der Waals surface area contributed by atoms with E-state index in [2.05, 4.69) is 13.8 Å². The molecule has 3 aromatic carbocycles. The second-order valence-corrected chi connectivity index (χ2v) is 8.88. The molecule has 1 aromatic heterocycles. The van der Waals surface area contributed by atoms with Crippen LogP contribution in [-0.4, -0.2) is 35.6 Å². The Morgan fingerprint density at radius 3 is 2.25 bits per heavy atom. The fourth-order valence-electron chi connectivity index (χ4n) is 4.49. The number of nitrogen functional groups attached to an aromatic ring is 1. The van der Waals surface area contributed by atoms with Crippen molar-refractivity contribution < 1.29 is 19.0 Å². The SMILES string of the molecule is CC.COCC(C)(C)c1c(-c2ccc(C(=O)O)cc2)c2cc(N)c(C=N)cc2n1-c1ccc(F)cc1. The third kappa shape index (κ3) is 4.88. The predicted octanol–water partition coefficient (Wildman–Crippen LogP) is 6.66. The zero-order valence-corrected chi connectivity index (χ0v) is 21.2. The average Bonchev–Trinajstić information content (AvgIpc) is 3.20. The van der Waals surface area contributed by atoms with Crippen molar-refractivity contribution in [2.75, 3.05) is 19.5 Å². The van der Waals surface area contributed by atoms with Crippen LogP contribution in [0.3, 0.4) is 0 Å². The zero-order valence-electron chi connectivity index (χ0n) is 21.2. The van der Waals surface area contributed by atoms with Gasteiger partial charge in [-0.1, -0.05) is 39.8 Å². The Labute approximate surface area is 210 Å². The minimum Gasteiger partial charge on any atom is -0.478 e. The molecule has 0 fully saturated rings. The van der Waals surface area contributed by atoms with Crippen LogP contribution in [0.2, 0.25) is 0 Å². The summed E-state index contributed by atoms with van der Waals surface area (Å²) in [6, 6.07) is 16.6. The fraction of sp³-hybridized carbons (Fsp3) is 0.241. The normalized spacial score (nSPS) is 11.2. The molecule has 6 nitrogen and oxygen atoms in total. The Hall–Kier alpha value is -3.97. The van der Waals surface area contributed by atoms with Crippen LogP contribution in [0.1, 0.15) is 49.3 Å². The van der Waals surface area contributed by atoms with Crippen LogP contribution in [0.15, 0.2) is 60.7 Å². The standard InChI is InChI=1S/C27H26FN3O3.C2H6/c1-27(2,15-34-3)25-24(16-4-6-17(7-5-16)26(32)33)21-13-22(30)18(14-29)12-23(21)31(25)20-10-8-19(28)9-11-20;1-2/h4-14,29H,15,30H2,1-3H3,(H,32,33);1-2H3. The molecule has 0 amide bonds. The molecule has 0 aliphatic heterocycles. The lowest BCUT2D eigenvalue weighted by Crippen LogP contribution is -2.27. The summed E-state index contributed by atoms with van der Waals surface area (Å²) in [6.45, 7) is 8.51. The minimum atomic E-state index is -1.000. The number of halogens is 1. The lowest BCUT2D eigenvalue weighted by molar-refractivity contribution is 0.0697. The minimum absolute atomic E-state index is 0.189. The lowest BCUT2D eigenvalue weighted by Gasteiger charge is -2.28. The molecule has 7 heteroatoms. The van der Waals surface area contributed by atoms with Crippen molar-refractivity contribution in [3.63, 3.8) is 0 Å². The van der Waals surface area contributed by atoms with Crippen molar-refractivity contribution in [2.45, 2.75) is 33.1 Å². The van der Waals surface area contributed by atoms with Crippen LogP contribution < -0.4 is 5.73 Å². The van der Waals surface area contributed by atoms with E-state index in [9.17, 15) is 14.3 Å². The van der Waals surface area contributed by atoms with E-state index in [0.29, 0.717) is 17.9 Å². The van der Waals surface area contributed by atoms with Crippen LogP contribution in [-0.2, 0) is 10.2 Å². The molecule has 0 spiro atoms. The summed E-state index contributed by atoms with van der Waals surface area (Å²) in [5.74, 6) is -1.34. The van der Waals surface area contributed by atoms with Crippen molar-refractivity contribution in [1.82, 2.24) is 4.57 Å². The Morgan fingerprint density at radius 2 is 1.72 bits per heavy atom. The van der Waals surface area contributed by atoms with Gasteiger partial charge >= 0.3 is 5.97 Å². The van der Waals surface area contributed by atoms with E-state index in [1.165, 1.54) is 18.3 Å². The van der Waals surface area contributed by atoms with Gasteiger partial charge < -0.3 is 25.6 Å². The summed E-state index contributed by atoms with van der Waals surface area (Å²) in [5.41, 5.74) is 11.1. The fourth-order valence-corrected chi connectivity index (χ4v) is 4.49. The Balaban J connectivity index is 0.00000176. The van der Waals surface area contributed by atoms with Gasteiger partial charge in [0, 0.05) is 52.3 Å². The lowest BCUT2D eigenvalue weighted by atomic mass is 9.84. The van der Waals surface area contributed by atoms with Crippen LogP contribution >= 0.6 is 0 Å². The molecular formula is C29H32FN3O3. The topological polar surface area (TPSA) is 101 Å². The van der Waals surface area contributed by atoms with Crippen LogP contribution in [0.25, 0.3) is 27.7 Å². The first-order chi connectivity index (χ1) is 17.2. The molecule has 4 rings (SSSR count). The number of carboxylic acid groups (broad SMARTS) is 1. The predicted molar refractivity (Wildman–Crippen MR) is 144 cm³/mol. The number of nitrogens with one attached hydrogen (secondary N) is 1. The van der Waals surface area contributed by atoms with Crippen molar-refractivity contribution in [1.29, 1.82) is 5.41 Å². The van der Waals surface area contributed by atoms with Crippen molar-refractivity contribution >= 4 is 28.8 Å². The van der Waals surface area contributed by atoms with Gasteiger partial charge in [-0.15, -0.1) is 0 Å². The van der Waals surface area contributed by atoms with E-state index in [-0.39, 0.29) is 11.4 Å². The maximum atomic E-state index is 13.8. The number of nitrogens with two attached hydrogens (primary N) is 1. The van der Waals surface area contributed by atoms with Gasteiger partial charge in [-0.2, -0.15) is 0 Å².